The minimum absolute atomic E-state index is 0.458. The lowest BCUT2D eigenvalue weighted by molar-refractivity contribution is -0.131. The molecule has 2 nitrogen and oxygen atoms in total. The van der Waals surface area contributed by atoms with E-state index in [0.717, 1.165) is 12.8 Å². The number of rotatable bonds is 2. The molecule has 0 amide bonds. The quantitative estimate of drug-likeness (QED) is 0.587. The predicted molar refractivity (Wildman–Crippen MR) is 51.4 cm³/mol. The normalized spacial score (nSPS) is 30.8. The van der Waals surface area contributed by atoms with E-state index in [2.05, 4.69) is 15.9 Å². The van der Waals surface area contributed by atoms with Crippen molar-refractivity contribution in [1.29, 1.82) is 0 Å². The highest BCUT2D eigenvalue weighted by atomic mass is 79.9. The molecule has 2 atom stereocenters. The molecule has 0 aromatic rings. The maximum atomic E-state index is 10.2. The second-order valence-corrected chi connectivity index (χ2v) is 4.52. The number of carboxylic acids is 1. The Labute approximate surface area is 80.8 Å². The monoisotopic (exact) mass is 232 g/mol. The summed E-state index contributed by atoms with van der Waals surface area (Å²) in [4.78, 5) is 10.8. The molecule has 0 saturated heterocycles. The van der Waals surface area contributed by atoms with Crippen LogP contribution in [-0.4, -0.2) is 15.9 Å². The number of halogens is 1. The first-order valence-electron chi connectivity index (χ1n) is 4.23. The fourth-order valence-electron chi connectivity index (χ4n) is 1.56. The van der Waals surface area contributed by atoms with Gasteiger partial charge >= 0.3 is 5.97 Å². The minimum Gasteiger partial charge on any atom is -0.478 e. The molecule has 0 spiro atoms. The average molecular weight is 233 g/mol. The lowest BCUT2D eigenvalue weighted by atomic mass is 9.89. The summed E-state index contributed by atoms with van der Waals surface area (Å²) in [6, 6.07) is 0. The summed E-state index contributed by atoms with van der Waals surface area (Å²) in [6.45, 7) is 0. The number of carboxylic acid groups (broad SMARTS) is 1. The highest BCUT2D eigenvalue weighted by molar-refractivity contribution is 9.09. The predicted octanol–water partition coefficient (Wildman–Crippen LogP) is 2.58. The Morgan fingerprint density at radius 2 is 2.25 bits per heavy atom. The molecule has 1 saturated carbocycles. The molecule has 12 heavy (non-hydrogen) atoms. The molecule has 0 aliphatic heterocycles. The molecule has 68 valence electrons. The second-order valence-electron chi connectivity index (χ2n) is 3.22. The number of allylic oxidation sites excluding steroid dienone is 1. The summed E-state index contributed by atoms with van der Waals surface area (Å²) >= 11 is 3.55. The maximum Gasteiger partial charge on any atom is 0.327 e. The molecule has 0 bridgehead atoms. The van der Waals surface area contributed by atoms with E-state index >= 15 is 0 Å². The Hall–Kier alpha value is -0.310. The smallest absolute Gasteiger partial charge is 0.327 e. The van der Waals surface area contributed by atoms with Gasteiger partial charge in [-0.3, -0.25) is 0 Å². The number of hydrogen-bond donors (Lipinski definition) is 1. The third-order valence-electron chi connectivity index (χ3n) is 2.16. The molecule has 1 rings (SSSR count). The SMILES string of the molecule is O=C(O)/C=C/C1CCCC(Br)C1. The lowest BCUT2D eigenvalue weighted by Crippen LogP contribution is -2.13. The van der Waals surface area contributed by atoms with Gasteiger partial charge in [-0.2, -0.15) is 0 Å². The molecule has 2 unspecified atom stereocenters. The third kappa shape index (κ3) is 3.39. The van der Waals surface area contributed by atoms with Crippen LogP contribution in [0.25, 0.3) is 0 Å². The standard InChI is InChI=1S/C9H13BrO2/c10-8-3-1-2-7(6-8)4-5-9(11)12/h4-5,7-8H,1-3,6H2,(H,11,12)/b5-4+. The van der Waals surface area contributed by atoms with Crippen molar-refractivity contribution >= 4 is 21.9 Å². The molecule has 0 aromatic heterocycles. The Morgan fingerprint density at radius 1 is 1.50 bits per heavy atom. The zero-order chi connectivity index (χ0) is 8.97. The van der Waals surface area contributed by atoms with E-state index in [0.29, 0.717) is 10.7 Å². The molecule has 1 aliphatic rings. The zero-order valence-corrected chi connectivity index (χ0v) is 8.46. The Balaban J connectivity index is 2.36. The second kappa shape index (κ2) is 4.65. The Bertz CT molecular complexity index is 189. The fraction of sp³-hybridized carbons (Fsp3) is 0.667. The van der Waals surface area contributed by atoms with E-state index in [1.165, 1.54) is 18.9 Å². The van der Waals surface area contributed by atoms with Crippen molar-refractivity contribution in [3.8, 4) is 0 Å². The van der Waals surface area contributed by atoms with Gasteiger partial charge in [0, 0.05) is 10.9 Å². The summed E-state index contributed by atoms with van der Waals surface area (Å²) in [5.74, 6) is -0.383. The van der Waals surface area contributed by atoms with E-state index in [1.54, 1.807) is 0 Å². The van der Waals surface area contributed by atoms with Crippen LogP contribution in [0.2, 0.25) is 0 Å². The minimum atomic E-state index is -0.841. The van der Waals surface area contributed by atoms with Crippen LogP contribution < -0.4 is 0 Å². The molecule has 0 heterocycles. The van der Waals surface area contributed by atoms with Crippen molar-refractivity contribution in [1.82, 2.24) is 0 Å². The Morgan fingerprint density at radius 3 is 2.83 bits per heavy atom. The average Bonchev–Trinajstić information content (AvgIpc) is 2.01. The van der Waals surface area contributed by atoms with Gasteiger partial charge in [-0.05, 0) is 25.2 Å². The highest BCUT2D eigenvalue weighted by Crippen LogP contribution is 2.29. The summed E-state index contributed by atoms with van der Waals surface area (Å²) in [5, 5.41) is 8.41. The molecule has 0 aromatic carbocycles. The van der Waals surface area contributed by atoms with Crippen molar-refractivity contribution in [2.24, 2.45) is 5.92 Å². The van der Waals surface area contributed by atoms with Crippen LogP contribution >= 0.6 is 15.9 Å². The van der Waals surface area contributed by atoms with Gasteiger partial charge < -0.3 is 5.11 Å². The van der Waals surface area contributed by atoms with Gasteiger partial charge in [-0.1, -0.05) is 28.4 Å². The van der Waals surface area contributed by atoms with Gasteiger partial charge in [-0.25, -0.2) is 4.79 Å². The molecule has 1 aliphatic carbocycles. The van der Waals surface area contributed by atoms with Crippen molar-refractivity contribution in [3.63, 3.8) is 0 Å². The van der Waals surface area contributed by atoms with Crippen LogP contribution in [0.1, 0.15) is 25.7 Å². The first-order chi connectivity index (χ1) is 5.68. The van der Waals surface area contributed by atoms with E-state index in [1.807, 2.05) is 6.08 Å². The van der Waals surface area contributed by atoms with Crippen LogP contribution in [0, 0.1) is 5.92 Å². The van der Waals surface area contributed by atoms with Crippen LogP contribution in [0.15, 0.2) is 12.2 Å². The maximum absolute atomic E-state index is 10.2. The van der Waals surface area contributed by atoms with E-state index in [9.17, 15) is 4.79 Å². The van der Waals surface area contributed by atoms with Crippen LogP contribution in [0.4, 0.5) is 0 Å². The third-order valence-corrected chi connectivity index (χ3v) is 2.99. The molecular weight excluding hydrogens is 220 g/mol. The zero-order valence-electron chi connectivity index (χ0n) is 6.87. The van der Waals surface area contributed by atoms with Crippen molar-refractivity contribution in [3.05, 3.63) is 12.2 Å². The topological polar surface area (TPSA) is 37.3 Å². The number of alkyl halides is 1. The van der Waals surface area contributed by atoms with E-state index < -0.39 is 5.97 Å². The van der Waals surface area contributed by atoms with Gasteiger partial charge in [0.1, 0.15) is 0 Å². The first kappa shape index (κ1) is 9.78. The van der Waals surface area contributed by atoms with Gasteiger partial charge in [0.15, 0.2) is 0 Å². The summed E-state index contributed by atoms with van der Waals surface area (Å²) in [6.07, 6.45) is 7.70. The van der Waals surface area contributed by atoms with E-state index in [4.69, 9.17) is 5.11 Å². The van der Waals surface area contributed by atoms with Crippen molar-refractivity contribution in [2.75, 3.05) is 0 Å². The summed E-state index contributed by atoms with van der Waals surface area (Å²) < 4.78 is 0. The number of hydrogen-bond acceptors (Lipinski definition) is 1. The number of carbonyl (C=O) groups is 1. The van der Waals surface area contributed by atoms with Crippen LogP contribution in [0.3, 0.4) is 0 Å². The summed E-state index contributed by atoms with van der Waals surface area (Å²) in [5.41, 5.74) is 0. The van der Waals surface area contributed by atoms with Gasteiger partial charge in [0.05, 0.1) is 0 Å². The largest absolute Gasteiger partial charge is 0.478 e. The Kier molecular flexibility index (Phi) is 3.79. The lowest BCUT2D eigenvalue weighted by Gasteiger charge is -2.22. The van der Waals surface area contributed by atoms with Crippen LogP contribution in [-0.2, 0) is 4.79 Å². The van der Waals surface area contributed by atoms with Gasteiger partial charge in [0.2, 0.25) is 0 Å². The van der Waals surface area contributed by atoms with Crippen molar-refractivity contribution < 1.29 is 9.90 Å². The van der Waals surface area contributed by atoms with E-state index in [-0.39, 0.29) is 0 Å². The van der Waals surface area contributed by atoms with Gasteiger partial charge in [0.25, 0.3) is 0 Å². The summed E-state index contributed by atoms with van der Waals surface area (Å²) in [7, 11) is 0. The first-order valence-corrected chi connectivity index (χ1v) is 5.15. The van der Waals surface area contributed by atoms with Gasteiger partial charge in [-0.15, -0.1) is 0 Å². The molecule has 1 N–H and O–H groups in total. The number of aliphatic carboxylic acids is 1. The molecule has 1 fully saturated rings. The molecule has 3 heteroatoms. The van der Waals surface area contributed by atoms with Crippen molar-refractivity contribution in [2.45, 2.75) is 30.5 Å². The molecule has 0 radical (unpaired) electrons. The highest BCUT2D eigenvalue weighted by Gasteiger charge is 2.17. The fourth-order valence-corrected chi connectivity index (χ4v) is 2.36. The van der Waals surface area contributed by atoms with Crippen LogP contribution in [0.5, 0.6) is 0 Å². The molecular formula is C9H13BrO2.